The molecule has 2 aromatic heterocycles. The van der Waals surface area contributed by atoms with Crippen molar-refractivity contribution in [3.8, 4) is 16.9 Å². The van der Waals surface area contributed by atoms with Gasteiger partial charge in [0.05, 0.1) is 41.1 Å². The first-order chi connectivity index (χ1) is 18.6. The van der Waals surface area contributed by atoms with Gasteiger partial charge in [-0.2, -0.15) is 0 Å². The lowest BCUT2D eigenvalue weighted by Crippen LogP contribution is -2.38. The molecule has 2 aliphatic rings. The van der Waals surface area contributed by atoms with E-state index in [9.17, 15) is 5.11 Å². The number of rotatable bonds is 6. The van der Waals surface area contributed by atoms with E-state index in [0.29, 0.717) is 55.1 Å². The van der Waals surface area contributed by atoms with E-state index in [1.165, 1.54) is 0 Å². The highest BCUT2D eigenvalue weighted by Crippen LogP contribution is 2.40. The van der Waals surface area contributed by atoms with Gasteiger partial charge in [0.15, 0.2) is 0 Å². The third-order valence-electron chi connectivity index (χ3n) is 7.28. The van der Waals surface area contributed by atoms with Crippen molar-refractivity contribution in [2.75, 3.05) is 44.4 Å². The second-order valence-electron chi connectivity index (χ2n) is 9.53. The number of fused-ring (bicyclic) bond motifs is 2. The van der Waals surface area contributed by atoms with Crippen LogP contribution >= 0.6 is 23.2 Å². The molecule has 1 saturated heterocycles. The maximum absolute atomic E-state index is 11.4. The molecule has 1 unspecified atom stereocenters. The molecular weight excluding hydrogens is 523 g/mol. The first-order valence-corrected chi connectivity index (χ1v) is 13.5. The van der Waals surface area contributed by atoms with Crippen LogP contribution in [0, 0.1) is 0 Å². The van der Waals surface area contributed by atoms with E-state index in [0.717, 1.165) is 45.5 Å². The first-order valence-electron chi connectivity index (χ1n) is 12.8. The van der Waals surface area contributed by atoms with Crippen molar-refractivity contribution in [3.63, 3.8) is 0 Å². The second kappa shape index (κ2) is 11.0. The minimum absolute atomic E-state index is 0.244. The van der Waals surface area contributed by atoms with Crippen molar-refractivity contribution in [1.82, 2.24) is 15.3 Å². The molecule has 9 heteroatoms. The summed E-state index contributed by atoms with van der Waals surface area (Å²) in [7, 11) is 0. The molecule has 0 aliphatic carbocycles. The predicted molar refractivity (Wildman–Crippen MR) is 150 cm³/mol. The van der Waals surface area contributed by atoms with Crippen LogP contribution in [0.5, 0.6) is 5.75 Å². The lowest BCUT2D eigenvalue weighted by Gasteiger charge is -2.33. The van der Waals surface area contributed by atoms with Crippen LogP contribution in [0.3, 0.4) is 0 Å². The maximum Gasteiger partial charge on any atom is 0.134 e. The summed E-state index contributed by atoms with van der Waals surface area (Å²) in [6.07, 6.45) is 5.28. The monoisotopic (exact) mass is 550 g/mol. The summed E-state index contributed by atoms with van der Waals surface area (Å²) in [5.74, 6) is 1.16. The lowest BCUT2D eigenvalue weighted by molar-refractivity contribution is 0.120. The van der Waals surface area contributed by atoms with Crippen LogP contribution in [-0.4, -0.2) is 54.5 Å². The number of benzene rings is 2. The van der Waals surface area contributed by atoms with Gasteiger partial charge in [-0.3, -0.25) is 15.3 Å². The van der Waals surface area contributed by atoms with Gasteiger partial charge in [-0.05, 0) is 24.1 Å². The number of nitrogens with one attached hydrogen (secondary N) is 1. The third kappa shape index (κ3) is 4.81. The minimum atomic E-state index is -0.918. The van der Waals surface area contributed by atoms with Crippen LogP contribution in [0.1, 0.15) is 29.7 Å². The number of hydrogen-bond donors (Lipinski definition) is 2. The SMILES string of the molecule is OC(NC[C@H]1CCOc2ccccc21)c1cnc2c(-c3cccc(Cl)c3Cl)cncc2c1N1CCOCC1. The molecule has 6 rings (SSSR count). The van der Waals surface area contributed by atoms with E-state index in [1.807, 2.05) is 30.3 Å². The summed E-state index contributed by atoms with van der Waals surface area (Å²) in [6, 6.07) is 13.6. The van der Waals surface area contributed by atoms with Gasteiger partial charge in [0.1, 0.15) is 12.0 Å². The highest BCUT2D eigenvalue weighted by atomic mass is 35.5. The molecule has 0 spiro atoms. The van der Waals surface area contributed by atoms with Gasteiger partial charge in [0.2, 0.25) is 0 Å². The van der Waals surface area contributed by atoms with Gasteiger partial charge in [-0.1, -0.05) is 53.5 Å². The molecule has 0 bridgehead atoms. The minimum Gasteiger partial charge on any atom is -0.493 e. The summed E-state index contributed by atoms with van der Waals surface area (Å²) in [4.78, 5) is 11.6. The largest absolute Gasteiger partial charge is 0.493 e. The lowest BCUT2D eigenvalue weighted by atomic mass is 9.93. The number of nitrogens with zero attached hydrogens (tertiary/aromatic N) is 3. The van der Waals surface area contributed by atoms with Crippen LogP contribution in [0.4, 0.5) is 5.69 Å². The highest BCUT2D eigenvalue weighted by molar-refractivity contribution is 6.43. The fourth-order valence-corrected chi connectivity index (χ4v) is 5.76. The molecule has 4 aromatic rings. The van der Waals surface area contributed by atoms with Crippen LogP contribution in [-0.2, 0) is 4.74 Å². The molecule has 196 valence electrons. The van der Waals surface area contributed by atoms with Crippen LogP contribution < -0.4 is 15.0 Å². The number of aromatic nitrogens is 2. The topological polar surface area (TPSA) is 79.7 Å². The van der Waals surface area contributed by atoms with E-state index < -0.39 is 6.23 Å². The number of aliphatic hydroxyl groups is 1. The fourth-order valence-electron chi connectivity index (χ4n) is 5.36. The zero-order valence-corrected chi connectivity index (χ0v) is 22.3. The smallest absolute Gasteiger partial charge is 0.134 e. The Morgan fingerprint density at radius 1 is 1.00 bits per heavy atom. The van der Waals surface area contributed by atoms with Crippen molar-refractivity contribution < 1.29 is 14.6 Å². The Balaban J connectivity index is 1.38. The van der Waals surface area contributed by atoms with Crippen molar-refractivity contribution >= 4 is 39.8 Å². The van der Waals surface area contributed by atoms with Crippen molar-refractivity contribution in [1.29, 1.82) is 0 Å². The Bertz CT molecular complexity index is 1460. The van der Waals surface area contributed by atoms with Gasteiger partial charge >= 0.3 is 0 Å². The van der Waals surface area contributed by atoms with Crippen molar-refractivity contribution in [2.45, 2.75) is 18.6 Å². The maximum atomic E-state index is 11.4. The molecule has 0 radical (unpaired) electrons. The Labute approximate surface area is 231 Å². The van der Waals surface area contributed by atoms with Gasteiger partial charge in [-0.15, -0.1) is 0 Å². The molecule has 2 atom stereocenters. The van der Waals surface area contributed by atoms with Crippen LogP contribution in [0.2, 0.25) is 10.0 Å². The van der Waals surface area contributed by atoms with Gasteiger partial charge in [0.25, 0.3) is 0 Å². The summed E-state index contributed by atoms with van der Waals surface area (Å²) < 4.78 is 11.4. The van der Waals surface area contributed by atoms with Gasteiger partial charge in [0, 0.05) is 66.2 Å². The fraction of sp³-hybridized carbons (Fsp3) is 0.310. The molecule has 4 heterocycles. The van der Waals surface area contributed by atoms with Crippen LogP contribution in [0.25, 0.3) is 22.0 Å². The molecular formula is C29H28Cl2N4O3. The summed E-state index contributed by atoms with van der Waals surface area (Å²) in [5.41, 5.74) is 5.07. The highest BCUT2D eigenvalue weighted by Gasteiger charge is 2.26. The predicted octanol–water partition coefficient (Wildman–Crippen LogP) is 5.59. The average Bonchev–Trinajstić information content (AvgIpc) is 2.97. The molecule has 2 aliphatic heterocycles. The van der Waals surface area contributed by atoms with Crippen molar-refractivity contribution in [3.05, 3.63) is 82.2 Å². The Morgan fingerprint density at radius 2 is 1.84 bits per heavy atom. The van der Waals surface area contributed by atoms with Gasteiger partial charge in [-0.25, -0.2) is 0 Å². The number of anilines is 1. The first kappa shape index (κ1) is 25.3. The standard InChI is InChI=1S/C29H28Cl2N4O3/c30-24-6-3-5-20(26(24)31)21-15-32-16-22-27(21)33-17-23(28(22)35-9-12-37-13-10-35)29(36)34-14-18-8-11-38-25-7-2-1-4-19(18)25/h1-7,15-18,29,34,36H,8-14H2/t18-,29?/m1/s1. The van der Waals surface area contributed by atoms with Crippen molar-refractivity contribution in [2.24, 2.45) is 0 Å². The summed E-state index contributed by atoms with van der Waals surface area (Å²) in [5, 5.41) is 16.6. The molecule has 2 aromatic carbocycles. The average molecular weight is 551 g/mol. The zero-order chi connectivity index (χ0) is 26.1. The molecule has 0 amide bonds. The molecule has 1 fully saturated rings. The quantitative estimate of drug-likeness (QED) is 0.303. The van der Waals surface area contributed by atoms with Gasteiger partial charge < -0.3 is 19.5 Å². The number of hydrogen-bond acceptors (Lipinski definition) is 7. The third-order valence-corrected chi connectivity index (χ3v) is 8.10. The molecule has 2 N–H and O–H groups in total. The normalized spacial score (nSPS) is 18.2. The summed E-state index contributed by atoms with van der Waals surface area (Å²) >= 11 is 12.9. The van der Waals surface area contributed by atoms with E-state index >= 15 is 0 Å². The number of morpholine rings is 1. The molecule has 0 saturated carbocycles. The number of halogens is 2. The number of pyridine rings is 2. The second-order valence-corrected chi connectivity index (χ2v) is 10.3. The summed E-state index contributed by atoms with van der Waals surface area (Å²) in [6.45, 7) is 3.90. The Morgan fingerprint density at radius 3 is 2.71 bits per heavy atom. The Kier molecular flexibility index (Phi) is 7.37. The molecule has 38 heavy (non-hydrogen) atoms. The number of ether oxygens (including phenoxy) is 2. The van der Waals surface area contributed by atoms with Crippen LogP contribution in [0.15, 0.2) is 61.1 Å². The van der Waals surface area contributed by atoms with E-state index in [2.05, 4.69) is 21.3 Å². The number of para-hydroxylation sites is 1. The van der Waals surface area contributed by atoms with E-state index in [4.69, 9.17) is 37.7 Å². The zero-order valence-electron chi connectivity index (χ0n) is 20.7. The van der Waals surface area contributed by atoms with E-state index in [-0.39, 0.29) is 5.92 Å². The molecule has 7 nitrogen and oxygen atoms in total. The van der Waals surface area contributed by atoms with E-state index in [1.54, 1.807) is 24.7 Å². The Hall–Kier alpha value is -2.94. The number of aliphatic hydroxyl groups excluding tert-OH is 1.